The number of nitrogens with one attached hydrogen (secondary N) is 1. The number of alkyl carbamates (subject to hydrolysis) is 1. The van der Waals surface area contributed by atoms with Crippen molar-refractivity contribution in [3.8, 4) is 0 Å². The van der Waals surface area contributed by atoms with Crippen LogP contribution in [0, 0.1) is 5.92 Å². The van der Waals surface area contributed by atoms with Crippen molar-refractivity contribution in [2.24, 2.45) is 5.92 Å². The Labute approximate surface area is 96.7 Å². The molecule has 0 aromatic rings. The van der Waals surface area contributed by atoms with E-state index in [2.05, 4.69) is 5.32 Å². The van der Waals surface area contributed by atoms with E-state index in [4.69, 9.17) is 4.74 Å². The molecule has 0 bridgehead atoms. The Hall–Kier alpha value is -1.06. The number of hydrogen-bond donors (Lipinski definition) is 1. The molecule has 0 aliphatic heterocycles. The fourth-order valence-electron chi connectivity index (χ4n) is 1.98. The van der Waals surface area contributed by atoms with Gasteiger partial charge in [0.25, 0.3) is 0 Å². The first-order chi connectivity index (χ1) is 7.21. The van der Waals surface area contributed by atoms with Gasteiger partial charge < -0.3 is 10.1 Å². The number of carbonyl (C=O) groups is 2. The van der Waals surface area contributed by atoms with Crippen LogP contribution < -0.4 is 5.32 Å². The molecule has 4 nitrogen and oxygen atoms in total. The summed E-state index contributed by atoms with van der Waals surface area (Å²) in [7, 11) is 0. The summed E-state index contributed by atoms with van der Waals surface area (Å²) in [5.74, 6) is 0.280. The van der Waals surface area contributed by atoms with Gasteiger partial charge in [-0.25, -0.2) is 4.79 Å². The lowest BCUT2D eigenvalue weighted by atomic mass is 10.1. The van der Waals surface area contributed by atoms with Gasteiger partial charge in [-0.2, -0.15) is 0 Å². The second-order valence-electron chi connectivity index (χ2n) is 5.46. The van der Waals surface area contributed by atoms with Crippen molar-refractivity contribution in [2.75, 3.05) is 0 Å². The highest BCUT2D eigenvalue weighted by molar-refractivity contribution is 5.93. The number of ketones is 1. The number of amides is 1. The average molecular weight is 227 g/mol. The minimum absolute atomic E-state index is 0.0187. The Balaban J connectivity index is 2.59. The van der Waals surface area contributed by atoms with Crippen molar-refractivity contribution in [1.29, 1.82) is 0 Å². The molecule has 1 saturated carbocycles. The molecule has 2 atom stereocenters. The second kappa shape index (κ2) is 4.07. The molecule has 16 heavy (non-hydrogen) atoms. The van der Waals surface area contributed by atoms with Crippen LogP contribution in [0.5, 0.6) is 0 Å². The summed E-state index contributed by atoms with van der Waals surface area (Å²) in [6.45, 7) is 8.95. The Morgan fingerprint density at radius 3 is 2.31 bits per heavy atom. The van der Waals surface area contributed by atoms with Crippen molar-refractivity contribution in [1.82, 2.24) is 5.32 Å². The van der Waals surface area contributed by atoms with Crippen LogP contribution in [0.2, 0.25) is 0 Å². The summed E-state index contributed by atoms with van der Waals surface area (Å²) in [6.07, 6.45) is 1.13. The fraction of sp³-hybridized carbons (Fsp3) is 0.833. The van der Waals surface area contributed by atoms with E-state index in [1.54, 1.807) is 20.8 Å². The highest BCUT2D eigenvalue weighted by atomic mass is 16.6. The molecular weight excluding hydrogens is 206 g/mol. The molecule has 1 unspecified atom stereocenters. The van der Waals surface area contributed by atoms with Crippen LogP contribution >= 0.6 is 0 Å². The van der Waals surface area contributed by atoms with Gasteiger partial charge >= 0.3 is 6.09 Å². The van der Waals surface area contributed by atoms with E-state index in [0.717, 1.165) is 12.8 Å². The molecule has 1 N–H and O–H groups in total. The summed E-state index contributed by atoms with van der Waals surface area (Å²) in [5.41, 5.74) is -1.18. The monoisotopic (exact) mass is 227 g/mol. The van der Waals surface area contributed by atoms with Crippen LogP contribution in [-0.2, 0) is 9.53 Å². The molecule has 4 heteroatoms. The van der Waals surface area contributed by atoms with Gasteiger partial charge in [-0.1, -0.05) is 13.3 Å². The van der Waals surface area contributed by atoms with Crippen molar-refractivity contribution in [2.45, 2.75) is 58.6 Å². The maximum atomic E-state index is 11.6. The number of ether oxygens (including phenoxy) is 1. The van der Waals surface area contributed by atoms with E-state index in [-0.39, 0.29) is 11.7 Å². The maximum Gasteiger partial charge on any atom is 0.408 e. The van der Waals surface area contributed by atoms with Crippen LogP contribution in [0.4, 0.5) is 4.79 Å². The predicted octanol–water partition coefficient (Wildman–Crippen LogP) is 2.27. The minimum Gasteiger partial charge on any atom is -0.444 e. The van der Waals surface area contributed by atoms with Gasteiger partial charge in [-0.3, -0.25) is 4.79 Å². The van der Waals surface area contributed by atoms with Gasteiger partial charge in [0, 0.05) is 0 Å². The fourth-order valence-corrected chi connectivity index (χ4v) is 1.98. The van der Waals surface area contributed by atoms with Crippen LogP contribution in [-0.4, -0.2) is 23.0 Å². The molecule has 1 amide bonds. The van der Waals surface area contributed by atoms with Gasteiger partial charge in [0.1, 0.15) is 11.1 Å². The molecule has 92 valence electrons. The molecule has 1 rings (SSSR count). The topological polar surface area (TPSA) is 55.4 Å². The minimum atomic E-state index is -0.656. The summed E-state index contributed by atoms with van der Waals surface area (Å²) in [6, 6.07) is 0. The third-order valence-corrected chi connectivity index (χ3v) is 2.95. The van der Waals surface area contributed by atoms with E-state index in [1.165, 1.54) is 6.92 Å². The molecule has 0 aromatic heterocycles. The molecule has 0 heterocycles. The van der Waals surface area contributed by atoms with Crippen molar-refractivity contribution in [3.05, 3.63) is 0 Å². The molecule has 0 saturated heterocycles. The first kappa shape index (κ1) is 13.0. The van der Waals surface area contributed by atoms with E-state index >= 15 is 0 Å². The number of rotatable bonds is 3. The lowest BCUT2D eigenvalue weighted by Gasteiger charge is -2.23. The lowest BCUT2D eigenvalue weighted by molar-refractivity contribution is -0.120. The first-order valence-electron chi connectivity index (χ1n) is 5.73. The summed E-state index contributed by atoms with van der Waals surface area (Å²) in [4.78, 5) is 23.1. The smallest absolute Gasteiger partial charge is 0.408 e. The maximum absolute atomic E-state index is 11.6. The number of carbonyl (C=O) groups excluding carboxylic acids is 2. The van der Waals surface area contributed by atoms with Gasteiger partial charge in [0.15, 0.2) is 5.78 Å². The summed E-state index contributed by atoms with van der Waals surface area (Å²) in [5, 5.41) is 2.71. The molecule has 1 aliphatic carbocycles. The van der Waals surface area contributed by atoms with E-state index < -0.39 is 17.2 Å². The van der Waals surface area contributed by atoms with Crippen LogP contribution in [0.15, 0.2) is 0 Å². The zero-order valence-corrected chi connectivity index (χ0v) is 10.7. The third kappa shape index (κ3) is 2.74. The standard InChI is InChI=1S/C12H21NO3/c1-6-9-7-12(9,8(2)14)13-10(15)16-11(3,4)5/h9H,6-7H2,1-5H3,(H,13,15)/t9?,12-/m1/s1. The van der Waals surface area contributed by atoms with Crippen molar-refractivity contribution >= 4 is 11.9 Å². The number of Topliss-reactive ketones (excluding diaryl/α,β-unsaturated/α-hetero) is 1. The van der Waals surface area contributed by atoms with E-state index in [1.807, 2.05) is 6.92 Å². The van der Waals surface area contributed by atoms with Gasteiger partial charge in [0.2, 0.25) is 0 Å². The quantitative estimate of drug-likeness (QED) is 0.804. The summed E-state index contributed by atoms with van der Waals surface area (Å²) < 4.78 is 5.15. The first-order valence-corrected chi connectivity index (χ1v) is 5.73. The SMILES string of the molecule is CCC1C[C@@]1(NC(=O)OC(C)(C)C)C(C)=O. The Kier molecular flexibility index (Phi) is 3.31. The van der Waals surface area contributed by atoms with Gasteiger partial charge in [-0.15, -0.1) is 0 Å². The van der Waals surface area contributed by atoms with Crippen LogP contribution in [0.3, 0.4) is 0 Å². The van der Waals surface area contributed by atoms with Gasteiger partial charge in [0.05, 0.1) is 0 Å². The second-order valence-corrected chi connectivity index (χ2v) is 5.46. The summed E-state index contributed by atoms with van der Waals surface area (Å²) >= 11 is 0. The zero-order chi connectivity index (χ0) is 12.6. The van der Waals surface area contributed by atoms with Gasteiger partial charge in [-0.05, 0) is 40.0 Å². The number of hydrogen-bond acceptors (Lipinski definition) is 3. The molecule has 1 aliphatic rings. The zero-order valence-electron chi connectivity index (χ0n) is 10.7. The van der Waals surface area contributed by atoms with E-state index in [9.17, 15) is 9.59 Å². The largest absolute Gasteiger partial charge is 0.444 e. The molecular formula is C12H21NO3. The highest BCUT2D eigenvalue weighted by Crippen LogP contribution is 2.46. The van der Waals surface area contributed by atoms with E-state index in [0.29, 0.717) is 0 Å². The lowest BCUT2D eigenvalue weighted by Crippen LogP contribution is -2.46. The van der Waals surface area contributed by atoms with Crippen molar-refractivity contribution < 1.29 is 14.3 Å². The molecule has 0 spiro atoms. The third-order valence-electron chi connectivity index (χ3n) is 2.95. The molecule has 1 fully saturated rings. The Morgan fingerprint density at radius 2 is 2.00 bits per heavy atom. The van der Waals surface area contributed by atoms with Crippen LogP contribution in [0.25, 0.3) is 0 Å². The van der Waals surface area contributed by atoms with Crippen LogP contribution in [0.1, 0.15) is 47.5 Å². The highest BCUT2D eigenvalue weighted by Gasteiger charge is 2.58. The Bertz CT molecular complexity index is 306. The molecule has 0 radical (unpaired) electrons. The molecule has 0 aromatic carbocycles. The average Bonchev–Trinajstić information content (AvgIpc) is 2.76. The Morgan fingerprint density at radius 1 is 1.44 bits per heavy atom. The normalized spacial score (nSPS) is 28.4. The predicted molar refractivity (Wildman–Crippen MR) is 61.2 cm³/mol. The van der Waals surface area contributed by atoms with Crippen molar-refractivity contribution in [3.63, 3.8) is 0 Å².